The summed E-state index contributed by atoms with van der Waals surface area (Å²) in [7, 11) is 0. The molecule has 4 nitrogen and oxygen atoms in total. The number of nitrogens with one attached hydrogen (secondary N) is 1. The Morgan fingerprint density at radius 2 is 1.85 bits per heavy atom. The fourth-order valence-corrected chi connectivity index (χ4v) is 4.41. The minimum atomic E-state index is -1.13. The van der Waals surface area contributed by atoms with E-state index < -0.39 is 17.8 Å². The van der Waals surface area contributed by atoms with E-state index in [0.717, 1.165) is 31.3 Å². The van der Waals surface area contributed by atoms with E-state index in [2.05, 4.69) is 38.2 Å². The van der Waals surface area contributed by atoms with Gasteiger partial charge in [-0.05, 0) is 76.5 Å². The summed E-state index contributed by atoms with van der Waals surface area (Å²) >= 11 is 12.3. The first-order chi connectivity index (χ1) is 15.5. The third-order valence-electron chi connectivity index (χ3n) is 6.00. The van der Waals surface area contributed by atoms with E-state index in [-0.39, 0.29) is 6.42 Å². The van der Waals surface area contributed by atoms with Crippen LogP contribution in [0.25, 0.3) is 0 Å². The topological polar surface area (TPSA) is 58.6 Å². The van der Waals surface area contributed by atoms with Crippen molar-refractivity contribution in [2.75, 3.05) is 5.32 Å². The van der Waals surface area contributed by atoms with Gasteiger partial charge in [-0.25, -0.2) is 4.79 Å². The Hall–Kier alpha value is -1.75. The number of para-hydroxylation sites is 1. The second-order valence-corrected chi connectivity index (χ2v) is 10.4. The third kappa shape index (κ3) is 9.56. The number of amides is 1. The molecule has 0 unspecified atom stereocenters. The number of carbonyl (C=O) groups is 1. The summed E-state index contributed by atoms with van der Waals surface area (Å²) in [6, 6.07) is 4.99. The molecule has 6 heteroatoms. The van der Waals surface area contributed by atoms with Gasteiger partial charge in [-0.2, -0.15) is 0 Å². The molecule has 0 spiro atoms. The maximum absolute atomic E-state index is 12.7. The minimum absolute atomic E-state index is 0.240. The van der Waals surface area contributed by atoms with Gasteiger partial charge >= 0.3 is 6.09 Å². The van der Waals surface area contributed by atoms with Crippen LogP contribution in [0.5, 0.6) is 0 Å². The van der Waals surface area contributed by atoms with Crippen LogP contribution >= 0.6 is 23.2 Å². The van der Waals surface area contributed by atoms with Gasteiger partial charge in [-0.3, -0.25) is 5.32 Å². The Kier molecular flexibility index (Phi) is 10.5. The van der Waals surface area contributed by atoms with E-state index in [1.54, 1.807) is 25.1 Å². The molecule has 0 heterocycles. The van der Waals surface area contributed by atoms with Crippen molar-refractivity contribution < 1.29 is 14.6 Å². The van der Waals surface area contributed by atoms with E-state index in [9.17, 15) is 9.90 Å². The van der Waals surface area contributed by atoms with Crippen molar-refractivity contribution in [3.05, 3.63) is 63.7 Å². The number of rotatable bonds is 3. The fraction of sp³-hybridized carbons (Fsp3) is 0.519. The van der Waals surface area contributed by atoms with Crippen LogP contribution in [-0.4, -0.2) is 22.9 Å². The number of hydrogen-bond donors (Lipinski definition) is 2. The van der Waals surface area contributed by atoms with Crippen LogP contribution < -0.4 is 5.32 Å². The Bertz CT molecular complexity index is 882. The molecule has 3 atom stereocenters. The smallest absolute Gasteiger partial charge is 0.412 e. The second kappa shape index (κ2) is 12.6. The number of anilines is 1. The van der Waals surface area contributed by atoms with Crippen LogP contribution in [0.3, 0.4) is 0 Å². The highest BCUT2D eigenvalue weighted by atomic mass is 35.5. The van der Waals surface area contributed by atoms with Gasteiger partial charge in [0.1, 0.15) is 6.10 Å². The summed E-state index contributed by atoms with van der Waals surface area (Å²) in [5, 5.41) is 14.4. The summed E-state index contributed by atoms with van der Waals surface area (Å²) in [5.74, 6) is 0.836. The maximum atomic E-state index is 12.7. The van der Waals surface area contributed by atoms with Gasteiger partial charge in [0.2, 0.25) is 0 Å². The molecule has 2 N–H and O–H groups in total. The van der Waals surface area contributed by atoms with Crippen molar-refractivity contribution >= 4 is 35.0 Å². The van der Waals surface area contributed by atoms with Crippen LogP contribution in [0.1, 0.15) is 66.7 Å². The molecule has 0 saturated heterocycles. The first-order valence-electron chi connectivity index (χ1n) is 11.6. The van der Waals surface area contributed by atoms with Gasteiger partial charge in [0.05, 0.1) is 21.3 Å². The zero-order valence-electron chi connectivity index (χ0n) is 20.3. The molecule has 1 aliphatic rings. The fourth-order valence-electron chi connectivity index (χ4n) is 3.92. The van der Waals surface area contributed by atoms with Crippen molar-refractivity contribution in [3.8, 4) is 0 Å². The van der Waals surface area contributed by atoms with Crippen LogP contribution in [0.2, 0.25) is 10.0 Å². The van der Waals surface area contributed by atoms with Gasteiger partial charge in [0.25, 0.3) is 0 Å². The Morgan fingerprint density at radius 3 is 2.48 bits per heavy atom. The molecule has 33 heavy (non-hydrogen) atoms. The van der Waals surface area contributed by atoms with Gasteiger partial charge < -0.3 is 9.84 Å². The number of carbonyl (C=O) groups excluding carboxylic acids is 1. The van der Waals surface area contributed by atoms with Crippen molar-refractivity contribution in [2.24, 2.45) is 11.8 Å². The average Bonchev–Trinajstić information content (AvgIpc) is 2.69. The van der Waals surface area contributed by atoms with Gasteiger partial charge in [0.15, 0.2) is 0 Å². The summed E-state index contributed by atoms with van der Waals surface area (Å²) in [6.07, 6.45) is 11.0. The monoisotopic (exact) mass is 493 g/mol. The highest BCUT2D eigenvalue weighted by Crippen LogP contribution is 2.31. The van der Waals surface area contributed by atoms with Gasteiger partial charge in [-0.1, -0.05) is 72.5 Å². The van der Waals surface area contributed by atoms with Crippen molar-refractivity contribution in [2.45, 2.75) is 78.4 Å². The molecule has 2 rings (SSSR count). The highest BCUT2D eigenvalue weighted by Gasteiger charge is 2.26. The van der Waals surface area contributed by atoms with Crippen molar-refractivity contribution in [1.29, 1.82) is 0 Å². The van der Waals surface area contributed by atoms with E-state index in [4.69, 9.17) is 27.9 Å². The summed E-state index contributed by atoms with van der Waals surface area (Å²) in [6.45, 7) is 10.4. The van der Waals surface area contributed by atoms with Crippen molar-refractivity contribution in [1.82, 2.24) is 0 Å². The second-order valence-electron chi connectivity index (χ2n) is 9.63. The number of benzene rings is 1. The number of hydrogen-bond acceptors (Lipinski definition) is 3. The average molecular weight is 495 g/mol. The number of allylic oxidation sites excluding steroid dienone is 4. The molecule has 0 radical (unpaired) electrons. The normalized spacial score (nSPS) is 29.2. The molecule has 1 aliphatic carbocycles. The third-order valence-corrected chi connectivity index (χ3v) is 6.63. The van der Waals surface area contributed by atoms with E-state index >= 15 is 0 Å². The Labute approximate surface area is 208 Å². The predicted octanol–water partition coefficient (Wildman–Crippen LogP) is 8.35. The lowest BCUT2D eigenvalue weighted by Crippen LogP contribution is -2.31. The molecule has 1 aromatic carbocycles. The molecule has 182 valence electrons. The van der Waals surface area contributed by atoms with E-state index in [1.165, 1.54) is 5.57 Å². The highest BCUT2D eigenvalue weighted by molar-refractivity contribution is 6.39. The molecular weight excluding hydrogens is 457 g/mol. The SMILES string of the molecule is C/C1=C\[C@H](OC(=O)Nc2c(Cl)cccc2Cl)C[C@](C)(O)/C=C/[C@H](C(C)C)CC/C(C)=C/CC1. The Morgan fingerprint density at radius 1 is 1.18 bits per heavy atom. The minimum Gasteiger partial charge on any atom is -0.442 e. The number of aliphatic hydroxyl groups is 1. The van der Waals surface area contributed by atoms with Crippen LogP contribution in [0.4, 0.5) is 10.5 Å². The quantitative estimate of drug-likeness (QED) is 0.415. The van der Waals surface area contributed by atoms with Crippen LogP contribution in [-0.2, 0) is 4.74 Å². The van der Waals surface area contributed by atoms with Crippen LogP contribution in [0.15, 0.2) is 53.6 Å². The molecule has 1 aromatic rings. The maximum Gasteiger partial charge on any atom is 0.412 e. The van der Waals surface area contributed by atoms with Crippen LogP contribution in [0, 0.1) is 11.8 Å². The van der Waals surface area contributed by atoms with E-state index in [1.807, 2.05) is 19.1 Å². The summed E-state index contributed by atoms with van der Waals surface area (Å²) in [5.41, 5.74) is 1.66. The number of ether oxygens (including phenoxy) is 1. The lowest BCUT2D eigenvalue weighted by atomic mass is 9.86. The number of halogens is 2. The molecule has 0 saturated carbocycles. The zero-order chi connectivity index (χ0) is 24.6. The predicted molar refractivity (Wildman–Crippen MR) is 139 cm³/mol. The zero-order valence-corrected chi connectivity index (χ0v) is 21.8. The first kappa shape index (κ1) is 27.5. The van der Waals surface area contributed by atoms with Gasteiger partial charge in [-0.15, -0.1) is 0 Å². The molecule has 1 amide bonds. The summed E-state index contributed by atoms with van der Waals surface area (Å²) in [4.78, 5) is 12.7. The molecule has 0 aliphatic heterocycles. The molecule has 0 aromatic heterocycles. The lowest BCUT2D eigenvalue weighted by molar-refractivity contribution is 0.0471. The first-order valence-corrected chi connectivity index (χ1v) is 12.4. The molecule has 0 bridgehead atoms. The van der Waals surface area contributed by atoms with E-state index in [0.29, 0.717) is 27.6 Å². The molecular formula is C27H37Cl2NO3. The van der Waals surface area contributed by atoms with Gasteiger partial charge in [0, 0.05) is 6.42 Å². The van der Waals surface area contributed by atoms with Crippen molar-refractivity contribution in [3.63, 3.8) is 0 Å². The Balaban J connectivity index is 2.26. The summed E-state index contributed by atoms with van der Waals surface area (Å²) < 4.78 is 5.71. The molecule has 0 fully saturated rings. The largest absolute Gasteiger partial charge is 0.442 e. The lowest BCUT2D eigenvalue weighted by Gasteiger charge is -2.26. The standard InChI is InChI=1S/C27H37Cl2NO3/c1-18(2)21-13-12-19(3)8-6-9-20(4)16-22(17-27(5,32)15-14-21)33-26(31)30-25-23(28)10-7-11-24(25)29/h7-8,10-11,14-16,18,21-22,32H,6,9,12-13,17H2,1-5H3,(H,30,31)/b15-14+,19-8+,20-16+/t21-,22+,27-/m1/s1.